The zero-order valence-corrected chi connectivity index (χ0v) is 16.7. The predicted molar refractivity (Wildman–Crippen MR) is 111 cm³/mol. The first kappa shape index (κ1) is 19.9. The van der Waals surface area contributed by atoms with Crippen LogP contribution in [0.3, 0.4) is 0 Å². The molecule has 0 radical (unpaired) electrons. The Labute approximate surface area is 169 Å². The Morgan fingerprint density at radius 2 is 2.04 bits per heavy atom. The number of benzene rings is 1. The molecule has 0 spiro atoms. The third kappa shape index (κ3) is 5.55. The lowest BCUT2D eigenvalue weighted by Gasteiger charge is -2.36. The van der Waals surface area contributed by atoms with E-state index in [4.69, 9.17) is 0 Å². The summed E-state index contributed by atoms with van der Waals surface area (Å²) in [7, 11) is 0. The molecular formula is C20H24N6OS. The number of amides is 1. The van der Waals surface area contributed by atoms with Crippen LogP contribution < -0.4 is 15.8 Å². The van der Waals surface area contributed by atoms with Gasteiger partial charge in [0, 0.05) is 62.1 Å². The van der Waals surface area contributed by atoms with Crippen LogP contribution in [0.4, 0.5) is 5.69 Å². The van der Waals surface area contributed by atoms with E-state index in [1.807, 2.05) is 18.4 Å². The lowest BCUT2D eigenvalue weighted by molar-refractivity contribution is -0.122. The number of hydrazine groups is 1. The van der Waals surface area contributed by atoms with Crippen LogP contribution in [0.5, 0.6) is 0 Å². The van der Waals surface area contributed by atoms with E-state index >= 15 is 0 Å². The molecule has 28 heavy (non-hydrogen) atoms. The minimum Gasteiger partial charge on any atom is -0.369 e. The van der Waals surface area contributed by atoms with Gasteiger partial charge in [-0.25, -0.2) is 4.98 Å². The Morgan fingerprint density at radius 3 is 2.68 bits per heavy atom. The molecular weight excluding hydrogens is 372 g/mol. The first-order chi connectivity index (χ1) is 13.7. The highest BCUT2D eigenvalue weighted by molar-refractivity contribution is 7.10. The van der Waals surface area contributed by atoms with E-state index in [0.717, 1.165) is 38.4 Å². The molecule has 1 aromatic carbocycles. The number of nitrogens with zero attached hydrogens (tertiary/aromatic N) is 4. The third-order valence-corrected chi connectivity index (χ3v) is 5.54. The van der Waals surface area contributed by atoms with Crippen molar-refractivity contribution in [2.24, 2.45) is 0 Å². The van der Waals surface area contributed by atoms with E-state index in [1.54, 1.807) is 0 Å². The number of nitrogens with one attached hydrogen (secondary N) is 2. The molecule has 1 fully saturated rings. The van der Waals surface area contributed by atoms with Gasteiger partial charge in [0.05, 0.1) is 0 Å². The van der Waals surface area contributed by atoms with E-state index in [-0.39, 0.29) is 5.91 Å². The number of anilines is 1. The number of para-hydroxylation sites is 1. The quantitative estimate of drug-likeness (QED) is 0.551. The van der Waals surface area contributed by atoms with Gasteiger partial charge in [0.25, 0.3) is 0 Å². The van der Waals surface area contributed by atoms with Crippen LogP contribution in [-0.4, -0.2) is 48.5 Å². The van der Waals surface area contributed by atoms with Crippen molar-refractivity contribution in [3.8, 4) is 6.07 Å². The average molecular weight is 397 g/mol. The Kier molecular flexibility index (Phi) is 7.00. The van der Waals surface area contributed by atoms with Crippen molar-refractivity contribution in [3.05, 3.63) is 52.6 Å². The van der Waals surface area contributed by atoms with E-state index in [0.29, 0.717) is 17.0 Å². The van der Waals surface area contributed by atoms with Crippen molar-refractivity contribution in [1.82, 2.24) is 20.7 Å². The number of hydrogen-bond donors (Lipinski definition) is 2. The minimum atomic E-state index is -0.102. The first-order valence-electron chi connectivity index (χ1n) is 9.25. The fourth-order valence-electron chi connectivity index (χ4n) is 3.00. The van der Waals surface area contributed by atoms with Crippen LogP contribution in [0.25, 0.3) is 5.57 Å². The van der Waals surface area contributed by atoms with Crippen molar-refractivity contribution in [1.29, 1.82) is 5.26 Å². The van der Waals surface area contributed by atoms with Crippen LogP contribution in [0.15, 0.2) is 41.9 Å². The molecule has 2 N–H and O–H groups in total. The maximum atomic E-state index is 12.0. The number of thiazole rings is 1. The standard InChI is InChI=1S/C20H24N6OS/c1-16-15-28-20(23-16)17(13-21)14-22-24-19(27)7-8-25-9-11-26(12-10-25)18-5-3-2-4-6-18/h2-6,14-15,22H,7-12H2,1H3,(H,24,27)/b17-14+. The molecule has 1 aliphatic rings. The summed E-state index contributed by atoms with van der Waals surface area (Å²) < 4.78 is 0. The number of piperazine rings is 1. The fraction of sp³-hybridized carbons (Fsp3) is 0.350. The molecule has 0 atom stereocenters. The van der Waals surface area contributed by atoms with Crippen molar-refractivity contribution < 1.29 is 4.79 Å². The summed E-state index contributed by atoms with van der Waals surface area (Å²) in [5, 5.41) is 11.7. The van der Waals surface area contributed by atoms with Crippen molar-refractivity contribution in [2.75, 3.05) is 37.6 Å². The molecule has 0 aliphatic carbocycles. The lowest BCUT2D eigenvalue weighted by atomic mass is 10.2. The minimum absolute atomic E-state index is 0.102. The van der Waals surface area contributed by atoms with Crippen LogP contribution in [0.1, 0.15) is 17.1 Å². The molecule has 1 saturated heterocycles. The van der Waals surface area contributed by atoms with Gasteiger partial charge in [0.15, 0.2) is 0 Å². The number of carbonyl (C=O) groups is 1. The van der Waals surface area contributed by atoms with Gasteiger partial charge in [-0.3, -0.25) is 15.1 Å². The number of aromatic nitrogens is 1. The van der Waals surface area contributed by atoms with Gasteiger partial charge in [-0.1, -0.05) is 18.2 Å². The molecule has 2 aromatic rings. The molecule has 1 amide bonds. The molecule has 146 valence electrons. The number of nitriles is 1. The maximum Gasteiger partial charge on any atom is 0.239 e. The van der Waals surface area contributed by atoms with Gasteiger partial charge in [0.1, 0.15) is 16.6 Å². The number of carbonyl (C=O) groups excluding carboxylic acids is 1. The van der Waals surface area contributed by atoms with Crippen LogP contribution >= 0.6 is 11.3 Å². The Hall–Kier alpha value is -2.89. The molecule has 2 heterocycles. The van der Waals surface area contributed by atoms with Crippen molar-refractivity contribution >= 4 is 28.5 Å². The van der Waals surface area contributed by atoms with E-state index in [1.165, 1.54) is 23.2 Å². The van der Waals surface area contributed by atoms with Crippen molar-refractivity contribution in [2.45, 2.75) is 13.3 Å². The molecule has 1 aromatic heterocycles. The summed E-state index contributed by atoms with van der Waals surface area (Å²) >= 11 is 1.40. The fourth-order valence-corrected chi connectivity index (χ4v) is 3.76. The Bertz CT molecular complexity index is 849. The largest absolute Gasteiger partial charge is 0.369 e. The molecule has 0 saturated carbocycles. The maximum absolute atomic E-state index is 12.0. The molecule has 0 unspecified atom stereocenters. The zero-order valence-electron chi connectivity index (χ0n) is 15.9. The third-order valence-electron chi connectivity index (χ3n) is 4.55. The molecule has 7 nitrogen and oxygen atoms in total. The van der Waals surface area contributed by atoms with E-state index < -0.39 is 0 Å². The molecule has 3 rings (SSSR count). The predicted octanol–water partition coefficient (Wildman–Crippen LogP) is 2.15. The second-order valence-electron chi connectivity index (χ2n) is 6.57. The number of allylic oxidation sites excluding steroid dienone is 1. The summed E-state index contributed by atoms with van der Waals surface area (Å²) in [6.45, 7) is 6.41. The number of hydrogen-bond acceptors (Lipinski definition) is 7. The monoisotopic (exact) mass is 396 g/mol. The van der Waals surface area contributed by atoms with E-state index in [9.17, 15) is 10.1 Å². The van der Waals surface area contributed by atoms with Crippen LogP contribution in [0, 0.1) is 18.3 Å². The summed E-state index contributed by atoms with van der Waals surface area (Å²) in [4.78, 5) is 21.0. The van der Waals surface area contributed by atoms with Gasteiger partial charge in [0.2, 0.25) is 5.91 Å². The SMILES string of the molecule is Cc1csc(/C(C#N)=C/NNC(=O)CCN2CCN(c3ccccc3)CC2)n1. The molecule has 8 heteroatoms. The zero-order chi connectivity index (χ0) is 19.8. The van der Waals surface area contributed by atoms with Crippen molar-refractivity contribution in [3.63, 3.8) is 0 Å². The smallest absolute Gasteiger partial charge is 0.239 e. The van der Waals surface area contributed by atoms with Gasteiger partial charge in [-0.2, -0.15) is 5.26 Å². The summed E-state index contributed by atoms with van der Waals surface area (Å²) in [5.74, 6) is -0.102. The first-order valence-corrected chi connectivity index (χ1v) is 10.1. The van der Waals surface area contributed by atoms with Gasteiger partial charge in [-0.05, 0) is 19.1 Å². The Morgan fingerprint density at radius 1 is 1.29 bits per heavy atom. The highest BCUT2D eigenvalue weighted by Crippen LogP contribution is 2.17. The number of aryl methyl sites for hydroxylation is 1. The van der Waals surface area contributed by atoms with Gasteiger partial charge >= 0.3 is 0 Å². The summed E-state index contributed by atoms with van der Waals surface area (Å²) in [6.07, 6.45) is 1.89. The highest BCUT2D eigenvalue weighted by atomic mass is 32.1. The van der Waals surface area contributed by atoms with Gasteiger partial charge < -0.3 is 10.3 Å². The highest BCUT2D eigenvalue weighted by Gasteiger charge is 2.17. The second-order valence-corrected chi connectivity index (χ2v) is 7.43. The van der Waals surface area contributed by atoms with Crippen LogP contribution in [0.2, 0.25) is 0 Å². The lowest BCUT2D eigenvalue weighted by Crippen LogP contribution is -2.47. The van der Waals surface area contributed by atoms with E-state index in [2.05, 4.69) is 56.0 Å². The topological polar surface area (TPSA) is 84.3 Å². The average Bonchev–Trinajstić information content (AvgIpc) is 3.17. The molecule has 1 aliphatic heterocycles. The molecule has 0 bridgehead atoms. The van der Waals surface area contributed by atoms with Crippen LogP contribution in [-0.2, 0) is 4.79 Å². The van der Waals surface area contributed by atoms with Gasteiger partial charge in [-0.15, -0.1) is 11.3 Å². The summed E-state index contributed by atoms with van der Waals surface area (Å²) in [6, 6.07) is 12.5. The Balaban J connectivity index is 1.37. The summed E-state index contributed by atoms with van der Waals surface area (Å²) in [5.41, 5.74) is 7.86. The second kappa shape index (κ2) is 9.88. The normalized spacial score (nSPS) is 15.1. The number of rotatable bonds is 7.